The van der Waals surface area contributed by atoms with Crippen LogP contribution in [-0.2, 0) is 16.1 Å². The molecule has 1 aromatic heterocycles. The number of fused-ring (bicyclic) bond motifs is 1. The van der Waals surface area contributed by atoms with Crippen LogP contribution in [0.4, 0.5) is 0 Å². The quantitative estimate of drug-likeness (QED) is 0.372. The molecule has 0 bridgehead atoms. The van der Waals surface area contributed by atoms with E-state index in [1.165, 1.54) is 11.8 Å². The van der Waals surface area contributed by atoms with Crippen LogP contribution in [0.15, 0.2) is 28.2 Å². The second kappa shape index (κ2) is 9.96. The topological polar surface area (TPSA) is 64.4 Å². The molecule has 3 rings (SSSR count). The molecule has 1 amide bonds. The zero-order valence-corrected chi connectivity index (χ0v) is 18.8. The summed E-state index contributed by atoms with van der Waals surface area (Å²) in [5.74, 6) is 0.281. The second-order valence-corrected chi connectivity index (χ2v) is 8.94. The molecule has 0 spiro atoms. The number of benzene rings is 1. The highest BCUT2D eigenvalue weighted by molar-refractivity contribution is 7.99. The van der Waals surface area contributed by atoms with Crippen molar-refractivity contribution in [2.45, 2.75) is 63.9 Å². The van der Waals surface area contributed by atoms with Crippen molar-refractivity contribution in [3.05, 3.63) is 33.6 Å². The Kier molecular flexibility index (Phi) is 7.60. The van der Waals surface area contributed by atoms with E-state index in [-0.39, 0.29) is 29.4 Å². The Balaban J connectivity index is 1.83. The monoisotopic (exact) mass is 437 g/mol. The number of nitrogens with zero attached hydrogens (tertiary/aromatic N) is 3. The molecule has 0 saturated carbocycles. The summed E-state index contributed by atoms with van der Waals surface area (Å²) < 4.78 is 7.41. The Morgan fingerprint density at radius 1 is 1.28 bits per heavy atom. The number of carbonyl (C=O) groups is 1. The Bertz CT molecular complexity index is 923. The molecule has 1 aliphatic heterocycles. The zero-order chi connectivity index (χ0) is 21.0. The van der Waals surface area contributed by atoms with Crippen molar-refractivity contribution < 1.29 is 9.53 Å². The summed E-state index contributed by atoms with van der Waals surface area (Å²) in [6, 6.07) is 5.13. The van der Waals surface area contributed by atoms with Crippen molar-refractivity contribution >= 4 is 40.2 Å². The molecule has 2 atom stereocenters. The smallest absolute Gasteiger partial charge is 0.262 e. The number of unbranched alkanes of at least 4 members (excludes halogenated alkanes) is 2. The van der Waals surface area contributed by atoms with Crippen molar-refractivity contribution in [2.24, 2.45) is 0 Å². The predicted octanol–water partition coefficient (Wildman–Crippen LogP) is 3.97. The van der Waals surface area contributed by atoms with E-state index in [9.17, 15) is 9.59 Å². The molecule has 2 aromatic rings. The molecule has 1 fully saturated rings. The number of hydrogen-bond donors (Lipinski definition) is 0. The summed E-state index contributed by atoms with van der Waals surface area (Å²) in [5.41, 5.74) is 0.490. The summed E-state index contributed by atoms with van der Waals surface area (Å²) in [6.45, 7) is 7.86. The minimum Gasteiger partial charge on any atom is -0.372 e. The van der Waals surface area contributed by atoms with E-state index in [0.717, 1.165) is 19.3 Å². The van der Waals surface area contributed by atoms with Gasteiger partial charge in [-0.3, -0.25) is 14.2 Å². The van der Waals surface area contributed by atoms with Crippen LogP contribution < -0.4 is 5.56 Å². The van der Waals surface area contributed by atoms with E-state index >= 15 is 0 Å². The Morgan fingerprint density at radius 2 is 2.00 bits per heavy atom. The number of aromatic nitrogens is 2. The molecule has 0 radical (unpaired) electrons. The van der Waals surface area contributed by atoms with Gasteiger partial charge in [0.05, 0.1) is 28.9 Å². The molecule has 0 N–H and O–H groups in total. The lowest BCUT2D eigenvalue weighted by Crippen LogP contribution is -2.48. The number of carbonyl (C=O) groups excluding carboxylic acids is 1. The van der Waals surface area contributed by atoms with Gasteiger partial charge in [-0.05, 0) is 38.5 Å². The minimum absolute atomic E-state index is 0.0286. The SMILES string of the molecule is CCCCCn1c(SCC(=O)N2CC(C)OC(C)C2)nc2cc(Cl)ccc2c1=O. The van der Waals surface area contributed by atoms with Crippen LogP contribution in [0.1, 0.15) is 40.0 Å². The maximum absolute atomic E-state index is 13.0. The Morgan fingerprint density at radius 3 is 2.69 bits per heavy atom. The van der Waals surface area contributed by atoms with Gasteiger partial charge in [0.2, 0.25) is 5.91 Å². The first-order valence-corrected chi connectivity index (χ1v) is 11.5. The van der Waals surface area contributed by atoms with E-state index in [1.54, 1.807) is 22.8 Å². The highest BCUT2D eigenvalue weighted by atomic mass is 35.5. The molecule has 1 aliphatic rings. The maximum Gasteiger partial charge on any atom is 0.262 e. The zero-order valence-electron chi connectivity index (χ0n) is 17.2. The molecular weight excluding hydrogens is 410 g/mol. The van der Waals surface area contributed by atoms with Crippen molar-refractivity contribution in [2.75, 3.05) is 18.8 Å². The van der Waals surface area contributed by atoms with Crippen LogP contribution in [0.25, 0.3) is 10.9 Å². The van der Waals surface area contributed by atoms with Gasteiger partial charge >= 0.3 is 0 Å². The molecule has 1 saturated heterocycles. The van der Waals surface area contributed by atoms with Gasteiger partial charge in [-0.15, -0.1) is 0 Å². The molecule has 158 valence electrons. The van der Waals surface area contributed by atoms with Crippen molar-refractivity contribution in [3.63, 3.8) is 0 Å². The highest BCUT2D eigenvalue weighted by Gasteiger charge is 2.26. The molecule has 2 unspecified atom stereocenters. The second-order valence-electron chi connectivity index (χ2n) is 7.56. The van der Waals surface area contributed by atoms with Gasteiger partial charge in [-0.2, -0.15) is 0 Å². The van der Waals surface area contributed by atoms with Gasteiger partial charge in [0.1, 0.15) is 0 Å². The van der Waals surface area contributed by atoms with E-state index in [4.69, 9.17) is 16.3 Å². The summed E-state index contributed by atoms with van der Waals surface area (Å²) in [7, 11) is 0. The summed E-state index contributed by atoms with van der Waals surface area (Å²) in [5, 5.41) is 1.66. The lowest BCUT2D eigenvalue weighted by molar-refractivity contribution is -0.140. The highest BCUT2D eigenvalue weighted by Crippen LogP contribution is 2.22. The normalized spacial score (nSPS) is 19.7. The molecule has 0 aliphatic carbocycles. The van der Waals surface area contributed by atoms with E-state index in [2.05, 4.69) is 11.9 Å². The van der Waals surface area contributed by atoms with Gasteiger partial charge in [0.25, 0.3) is 5.56 Å². The average Bonchev–Trinajstić information content (AvgIpc) is 2.67. The van der Waals surface area contributed by atoms with Crippen LogP contribution >= 0.6 is 23.4 Å². The van der Waals surface area contributed by atoms with E-state index in [0.29, 0.717) is 40.7 Å². The number of amides is 1. The van der Waals surface area contributed by atoms with Gasteiger partial charge in [0, 0.05) is 24.7 Å². The minimum atomic E-state index is -0.0775. The van der Waals surface area contributed by atoms with E-state index in [1.807, 2.05) is 18.7 Å². The third kappa shape index (κ3) is 5.53. The van der Waals surface area contributed by atoms with Crippen LogP contribution in [0.5, 0.6) is 0 Å². The first kappa shape index (κ1) is 22.1. The fourth-order valence-corrected chi connectivity index (χ4v) is 4.69. The van der Waals surface area contributed by atoms with Gasteiger partial charge in [-0.25, -0.2) is 4.98 Å². The van der Waals surface area contributed by atoms with Crippen LogP contribution in [-0.4, -0.2) is 51.4 Å². The van der Waals surface area contributed by atoms with E-state index < -0.39 is 0 Å². The first-order chi connectivity index (χ1) is 13.9. The number of halogens is 1. The summed E-state index contributed by atoms with van der Waals surface area (Å²) >= 11 is 7.41. The van der Waals surface area contributed by atoms with Crippen molar-refractivity contribution in [1.82, 2.24) is 14.5 Å². The van der Waals surface area contributed by atoms with Crippen LogP contribution in [0, 0.1) is 0 Å². The molecule has 6 nitrogen and oxygen atoms in total. The number of thioether (sulfide) groups is 1. The lowest BCUT2D eigenvalue weighted by Gasteiger charge is -2.35. The average molecular weight is 438 g/mol. The standard InChI is InChI=1S/C21H28ClN3O3S/c1-4-5-6-9-25-20(27)17-8-7-16(22)10-18(17)23-21(25)29-13-19(26)24-11-14(2)28-15(3)12-24/h7-8,10,14-15H,4-6,9,11-13H2,1-3H3. The fourth-order valence-electron chi connectivity index (χ4n) is 3.60. The maximum atomic E-state index is 13.0. The largest absolute Gasteiger partial charge is 0.372 e. The number of hydrogen-bond acceptors (Lipinski definition) is 5. The first-order valence-electron chi connectivity index (χ1n) is 10.1. The van der Waals surface area contributed by atoms with Crippen molar-refractivity contribution in [3.8, 4) is 0 Å². The number of ether oxygens (including phenoxy) is 1. The third-order valence-corrected chi connectivity index (χ3v) is 6.16. The molecule has 1 aromatic carbocycles. The van der Waals surface area contributed by atoms with Crippen molar-refractivity contribution in [1.29, 1.82) is 0 Å². The number of morpholine rings is 1. The number of rotatable bonds is 7. The molecule has 2 heterocycles. The van der Waals surface area contributed by atoms with Gasteiger partial charge in [-0.1, -0.05) is 43.1 Å². The molecular formula is C21H28ClN3O3S. The van der Waals surface area contributed by atoms with Gasteiger partial charge < -0.3 is 9.64 Å². The fraction of sp³-hybridized carbons (Fsp3) is 0.571. The predicted molar refractivity (Wildman–Crippen MR) is 118 cm³/mol. The summed E-state index contributed by atoms with van der Waals surface area (Å²) in [4.78, 5) is 32.3. The third-order valence-electron chi connectivity index (χ3n) is 4.96. The summed E-state index contributed by atoms with van der Waals surface area (Å²) in [6.07, 6.45) is 3.07. The Labute approximate surface area is 180 Å². The molecule has 8 heteroatoms. The Hall–Kier alpha value is -1.57. The molecule has 29 heavy (non-hydrogen) atoms. The van der Waals surface area contributed by atoms with Crippen LogP contribution in [0.3, 0.4) is 0 Å². The lowest BCUT2D eigenvalue weighted by atomic mass is 10.2. The van der Waals surface area contributed by atoms with Gasteiger partial charge in [0.15, 0.2) is 5.16 Å². The van der Waals surface area contributed by atoms with Crippen LogP contribution in [0.2, 0.25) is 5.02 Å².